The second kappa shape index (κ2) is 5.84. The third-order valence-electron chi connectivity index (χ3n) is 3.28. The predicted molar refractivity (Wildman–Crippen MR) is 76.8 cm³/mol. The highest BCUT2D eigenvalue weighted by atomic mass is 16.7. The number of benzene rings is 2. The molecule has 0 unspecified atom stereocenters. The van der Waals surface area contributed by atoms with E-state index in [1.165, 1.54) is 0 Å². The third-order valence-corrected chi connectivity index (χ3v) is 3.28. The summed E-state index contributed by atoms with van der Waals surface area (Å²) in [5.41, 5.74) is 8.91. The Bertz CT molecular complexity index is 598. The Kier molecular flexibility index (Phi) is 3.74. The Morgan fingerprint density at radius 2 is 1.90 bits per heavy atom. The van der Waals surface area contributed by atoms with Crippen molar-refractivity contribution in [2.24, 2.45) is 0 Å². The van der Waals surface area contributed by atoms with Crippen molar-refractivity contribution in [3.8, 4) is 11.5 Å². The van der Waals surface area contributed by atoms with Gasteiger partial charge in [0.2, 0.25) is 6.79 Å². The number of nitrogens with two attached hydrogens (primary N) is 1. The molecule has 2 aromatic rings. The Labute approximate surface area is 118 Å². The zero-order valence-corrected chi connectivity index (χ0v) is 11.2. The minimum absolute atomic E-state index is 0.299. The van der Waals surface area contributed by atoms with E-state index in [0.29, 0.717) is 20.0 Å². The highest BCUT2D eigenvalue weighted by Crippen LogP contribution is 2.32. The molecular weight excluding hydrogens is 254 g/mol. The van der Waals surface area contributed by atoms with Crippen molar-refractivity contribution in [3.63, 3.8) is 0 Å². The van der Waals surface area contributed by atoms with E-state index in [2.05, 4.69) is 0 Å². The Morgan fingerprint density at radius 3 is 2.80 bits per heavy atom. The molecule has 4 nitrogen and oxygen atoms in total. The molecule has 0 spiro atoms. The molecule has 0 saturated carbocycles. The summed E-state index contributed by atoms with van der Waals surface area (Å²) in [6.07, 6.45) is 0.817. The van der Waals surface area contributed by atoms with Gasteiger partial charge in [-0.1, -0.05) is 24.3 Å². The quantitative estimate of drug-likeness (QED) is 0.671. The van der Waals surface area contributed by atoms with Crippen LogP contribution in [0, 0.1) is 0 Å². The number of anilines is 1. The van der Waals surface area contributed by atoms with Crippen molar-refractivity contribution >= 4 is 5.69 Å². The SMILES string of the molecule is Nc1ccccc1CCOCc1ccc2c(c1)OCO2. The van der Waals surface area contributed by atoms with Gasteiger partial charge in [0, 0.05) is 5.69 Å². The number of fused-ring (bicyclic) bond motifs is 1. The highest BCUT2D eigenvalue weighted by molar-refractivity contribution is 5.46. The van der Waals surface area contributed by atoms with Crippen molar-refractivity contribution < 1.29 is 14.2 Å². The van der Waals surface area contributed by atoms with E-state index in [4.69, 9.17) is 19.9 Å². The van der Waals surface area contributed by atoms with E-state index in [-0.39, 0.29) is 0 Å². The smallest absolute Gasteiger partial charge is 0.231 e. The van der Waals surface area contributed by atoms with E-state index < -0.39 is 0 Å². The molecule has 0 amide bonds. The fourth-order valence-electron chi connectivity index (χ4n) is 2.16. The summed E-state index contributed by atoms with van der Waals surface area (Å²) in [4.78, 5) is 0. The number of ether oxygens (including phenoxy) is 3. The van der Waals surface area contributed by atoms with Gasteiger partial charge in [-0.15, -0.1) is 0 Å². The van der Waals surface area contributed by atoms with Crippen molar-refractivity contribution in [2.75, 3.05) is 19.1 Å². The fraction of sp³-hybridized carbons (Fsp3) is 0.250. The summed E-state index contributed by atoms with van der Waals surface area (Å²) in [5.74, 6) is 1.59. The van der Waals surface area contributed by atoms with Gasteiger partial charge in [0.05, 0.1) is 13.2 Å². The molecule has 2 aromatic carbocycles. The first kappa shape index (κ1) is 12.8. The number of para-hydroxylation sites is 1. The van der Waals surface area contributed by atoms with Crippen LogP contribution in [0.3, 0.4) is 0 Å². The number of hydrogen-bond acceptors (Lipinski definition) is 4. The van der Waals surface area contributed by atoms with Crippen LogP contribution in [-0.4, -0.2) is 13.4 Å². The van der Waals surface area contributed by atoms with Crippen LogP contribution >= 0.6 is 0 Å². The van der Waals surface area contributed by atoms with Gasteiger partial charge < -0.3 is 19.9 Å². The molecule has 2 N–H and O–H groups in total. The maximum atomic E-state index is 5.89. The fourth-order valence-corrected chi connectivity index (χ4v) is 2.16. The lowest BCUT2D eigenvalue weighted by atomic mass is 10.1. The zero-order valence-electron chi connectivity index (χ0n) is 11.2. The van der Waals surface area contributed by atoms with Crippen LogP contribution in [0.2, 0.25) is 0 Å². The van der Waals surface area contributed by atoms with Gasteiger partial charge in [-0.3, -0.25) is 0 Å². The molecule has 1 aliphatic rings. The first-order chi connectivity index (χ1) is 9.83. The van der Waals surface area contributed by atoms with E-state index >= 15 is 0 Å². The molecule has 0 aromatic heterocycles. The van der Waals surface area contributed by atoms with Gasteiger partial charge >= 0.3 is 0 Å². The average Bonchev–Trinajstić information content (AvgIpc) is 2.93. The summed E-state index contributed by atoms with van der Waals surface area (Å²) < 4.78 is 16.3. The molecule has 3 rings (SSSR count). The Balaban J connectivity index is 1.49. The summed E-state index contributed by atoms with van der Waals surface area (Å²) in [5, 5.41) is 0. The maximum Gasteiger partial charge on any atom is 0.231 e. The van der Waals surface area contributed by atoms with E-state index in [0.717, 1.165) is 34.7 Å². The molecule has 1 heterocycles. The summed E-state index contributed by atoms with van der Waals surface area (Å²) in [7, 11) is 0. The largest absolute Gasteiger partial charge is 0.454 e. The third kappa shape index (κ3) is 2.86. The van der Waals surface area contributed by atoms with Crippen LogP contribution in [0.1, 0.15) is 11.1 Å². The summed E-state index contributed by atoms with van der Waals surface area (Å²) in [6, 6.07) is 13.7. The van der Waals surface area contributed by atoms with Gasteiger partial charge in [0.1, 0.15) is 0 Å². The lowest BCUT2D eigenvalue weighted by molar-refractivity contribution is 0.123. The molecule has 0 saturated heterocycles. The lowest BCUT2D eigenvalue weighted by Crippen LogP contribution is -2.01. The van der Waals surface area contributed by atoms with Gasteiger partial charge in [0.15, 0.2) is 11.5 Å². The monoisotopic (exact) mass is 271 g/mol. The number of rotatable bonds is 5. The molecule has 0 fully saturated rings. The molecule has 0 aliphatic carbocycles. The summed E-state index contributed by atoms with van der Waals surface area (Å²) in [6.45, 7) is 1.50. The normalized spacial score (nSPS) is 12.6. The summed E-state index contributed by atoms with van der Waals surface area (Å²) >= 11 is 0. The van der Waals surface area contributed by atoms with Crippen LogP contribution in [0.25, 0.3) is 0 Å². The predicted octanol–water partition coefficient (Wildman–Crippen LogP) is 2.76. The highest BCUT2D eigenvalue weighted by Gasteiger charge is 2.12. The molecule has 20 heavy (non-hydrogen) atoms. The first-order valence-electron chi connectivity index (χ1n) is 6.62. The van der Waals surface area contributed by atoms with Gasteiger partial charge in [-0.05, 0) is 35.7 Å². The molecule has 1 aliphatic heterocycles. The van der Waals surface area contributed by atoms with Crippen LogP contribution < -0.4 is 15.2 Å². The lowest BCUT2D eigenvalue weighted by Gasteiger charge is -2.07. The molecule has 0 atom stereocenters. The molecule has 4 heteroatoms. The van der Waals surface area contributed by atoms with Gasteiger partial charge in [0.25, 0.3) is 0 Å². The molecule has 0 bridgehead atoms. The minimum atomic E-state index is 0.299. The Hall–Kier alpha value is -2.20. The number of hydrogen-bond donors (Lipinski definition) is 1. The van der Waals surface area contributed by atoms with Crippen molar-refractivity contribution in [2.45, 2.75) is 13.0 Å². The van der Waals surface area contributed by atoms with E-state index in [1.807, 2.05) is 42.5 Å². The zero-order chi connectivity index (χ0) is 13.8. The molecule has 0 radical (unpaired) electrons. The Morgan fingerprint density at radius 1 is 1.05 bits per heavy atom. The first-order valence-corrected chi connectivity index (χ1v) is 6.62. The van der Waals surface area contributed by atoms with Crippen molar-refractivity contribution in [3.05, 3.63) is 53.6 Å². The average molecular weight is 271 g/mol. The van der Waals surface area contributed by atoms with Crippen molar-refractivity contribution in [1.82, 2.24) is 0 Å². The van der Waals surface area contributed by atoms with Crippen LogP contribution in [0.15, 0.2) is 42.5 Å². The maximum absolute atomic E-state index is 5.89. The van der Waals surface area contributed by atoms with Crippen LogP contribution in [0.4, 0.5) is 5.69 Å². The van der Waals surface area contributed by atoms with Crippen molar-refractivity contribution in [1.29, 1.82) is 0 Å². The molecule has 104 valence electrons. The van der Waals surface area contributed by atoms with Gasteiger partial charge in [-0.2, -0.15) is 0 Å². The standard InChI is InChI=1S/C16H17NO3/c17-14-4-2-1-3-13(14)7-8-18-10-12-5-6-15-16(9-12)20-11-19-15/h1-6,9H,7-8,10-11,17H2. The van der Waals surface area contributed by atoms with Crippen LogP contribution in [0.5, 0.6) is 11.5 Å². The minimum Gasteiger partial charge on any atom is -0.454 e. The van der Waals surface area contributed by atoms with Gasteiger partial charge in [-0.25, -0.2) is 0 Å². The van der Waals surface area contributed by atoms with E-state index in [1.54, 1.807) is 0 Å². The number of nitrogen functional groups attached to an aromatic ring is 1. The van der Waals surface area contributed by atoms with E-state index in [9.17, 15) is 0 Å². The van der Waals surface area contributed by atoms with Crippen LogP contribution in [-0.2, 0) is 17.8 Å². The topological polar surface area (TPSA) is 53.7 Å². The second-order valence-electron chi connectivity index (χ2n) is 4.69. The second-order valence-corrected chi connectivity index (χ2v) is 4.69. The molecular formula is C16H17NO3.